The van der Waals surface area contributed by atoms with E-state index in [0.717, 1.165) is 24.2 Å². The maximum Gasteiger partial charge on any atom is 0.258 e. The molecule has 3 rings (SSSR count). The summed E-state index contributed by atoms with van der Waals surface area (Å²) in [5, 5.41) is 3.03. The van der Waals surface area contributed by atoms with Crippen LogP contribution in [0.15, 0.2) is 48.5 Å². The molecule has 0 saturated heterocycles. The monoisotopic (exact) mass is 354 g/mol. The van der Waals surface area contributed by atoms with Crippen molar-refractivity contribution >= 4 is 11.8 Å². The van der Waals surface area contributed by atoms with Gasteiger partial charge in [-0.3, -0.25) is 9.59 Å². The maximum atomic E-state index is 12.4. The summed E-state index contributed by atoms with van der Waals surface area (Å²) < 4.78 is 10.7. The molecule has 3 N–H and O–H groups in total. The third-order valence-corrected chi connectivity index (χ3v) is 4.40. The highest BCUT2D eigenvalue weighted by atomic mass is 16.5. The van der Waals surface area contributed by atoms with E-state index in [1.54, 1.807) is 31.4 Å². The molecule has 1 saturated carbocycles. The van der Waals surface area contributed by atoms with Gasteiger partial charge >= 0.3 is 0 Å². The Bertz CT molecular complexity index is 785. The summed E-state index contributed by atoms with van der Waals surface area (Å²) in [5.74, 6) is 0.695. The first-order valence-corrected chi connectivity index (χ1v) is 8.53. The minimum atomic E-state index is -0.588. The Kier molecular flexibility index (Phi) is 5.41. The molecule has 0 heterocycles. The number of benzene rings is 2. The summed E-state index contributed by atoms with van der Waals surface area (Å²) in [4.78, 5) is 23.8. The van der Waals surface area contributed by atoms with Crippen molar-refractivity contribution in [2.24, 2.45) is 11.7 Å². The first kappa shape index (κ1) is 17.8. The molecular weight excluding hydrogens is 332 g/mol. The number of rotatable bonds is 8. The Labute approximate surface area is 152 Å². The molecule has 136 valence electrons. The quantitative estimate of drug-likeness (QED) is 0.762. The lowest BCUT2D eigenvalue weighted by molar-refractivity contribution is -0.124. The van der Waals surface area contributed by atoms with Gasteiger partial charge in [0.2, 0.25) is 0 Å². The second-order valence-corrected chi connectivity index (χ2v) is 6.30. The van der Waals surface area contributed by atoms with Gasteiger partial charge in [0.25, 0.3) is 11.8 Å². The number of carbonyl (C=O) groups excluding carboxylic acids is 2. The zero-order chi connectivity index (χ0) is 18.5. The fourth-order valence-electron chi connectivity index (χ4n) is 2.87. The molecule has 1 fully saturated rings. The van der Waals surface area contributed by atoms with E-state index >= 15 is 0 Å². The van der Waals surface area contributed by atoms with E-state index in [0.29, 0.717) is 11.7 Å². The van der Waals surface area contributed by atoms with Gasteiger partial charge in [0.05, 0.1) is 18.7 Å². The number of primary amides is 1. The topological polar surface area (TPSA) is 90.7 Å². The summed E-state index contributed by atoms with van der Waals surface area (Å²) >= 11 is 0. The average molecular weight is 354 g/mol. The van der Waals surface area contributed by atoms with E-state index in [4.69, 9.17) is 15.2 Å². The number of carbonyl (C=O) groups is 2. The fourth-order valence-corrected chi connectivity index (χ4v) is 2.87. The molecule has 0 spiro atoms. The van der Waals surface area contributed by atoms with Crippen molar-refractivity contribution in [3.8, 4) is 11.5 Å². The lowest BCUT2D eigenvalue weighted by Crippen LogP contribution is -2.34. The number of hydrogen-bond donors (Lipinski definition) is 2. The molecule has 1 atom stereocenters. The van der Waals surface area contributed by atoms with Gasteiger partial charge in [-0.1, -0.05) is 24.3 Å². The molecule has 6 heteroatoms. The molecule has 2 aromatic rings. The van der Waals surface area contributed by atoms with E-state index in [2.05, 4.69) is 5.32 Å². The predicted molar refractivity (Wildman–Crippen MR) is 97.1 cm³/mol. The van der Waals surface area contributed by atoms with E-state index in [1.165, 1.54) is 0 Å². The molecule has 0 aliphatic heterocycles. The molecule has 0 unspecified atom stereocenters. The van der Waals surface area contributed by atoms with E-state index in [-0.39, 0.29) is 24.1 Å². The van der Waals surface area contributed by atoms with Crippen LogP contribution in [-0.2, 0) is 4.79 Å². The van der Waals surface area contributed by atoms with Gasteiger partial charge in [-0.25, -0.2) is 0 Å². The molecular formula is C20H22N2O4. The van der Waals surface area contributed by atoms with Crippen LogP contribution < -0.4 is 20.5 Å². The van der Waals surface area contributed by atoms with Crippen molar-refractivity contribution in [2.75, 3.05) is 13.7 Å². The Morgan fingerprint density at radius 1 is 1.15 bits per heavy atom. The van der Waals surface area contributed by atoms with Gasteiger partial charge in [-0.15, -0.1) is 0 Å². The molecule has 6 nitrogen and oxygen atoms in total. The lowest BCUT2D eigenvalue weighted by Gasteiger charge is -2.19. The molecule has 1 aliphatic rings. The molecule has 1 aliphatic carbocycles. The van der Waals surface area contributed by atoms with Crippen LogP contribution in [0.1, 0.15) is 34.8 Å². The second kappa shape index (κ2) is 7.91. The van der Waals surface area contributed by atoms with Crippen LogP contribution in [0.4, 0.5) is 0 Å². The van der Waals surface area contributed by atoms with Crippen LogP contribution in [-0.4, -0.2) is 25.5 Å². The van der Waals surface area contributed by atoms with Crippen LogP contribution in [0.3, 0.4) is 0 Å². The minimum absolute atomic E-state index is 0.0524. The largest absolute Gasteiger partial charge is 0.497 e. The van der Waals surface area contributed by atoms with Gasteiger partial charge < -0.3 is 20.5 Å². The van der Waals surface area contributed by atoms with Gasteiger partial charge in [-0.2, -0.15) is 0 Å². The number of amides is 2. The number of methoxy groups -OCH3 is 1. The smallest absolute Gasteiger partial charge is 0.258 e. The third kappa shape index (κ3) is 4.33. The van der Waals surface area contributed by atoms with E-state index in [9.17, 15) is 9.59 Å². The Morgan fingerprint density at radius 3 is 2.46 bits per heavy atom. The third-order valence-electron chi connectivity index (χ3n) is 4.40. The van der Waals surface area contributed by atoms with Crippen molar-refractivity contribution in [3.63, 3.8) is 0 Å². The number of nitrogens with two attached hydrogens (primary N) is 1. The molecule has 0 radical (unpaired) electrons. The van der Waals surface area contributed by atoms with Crippen LogP contribution in [0.2, 0.25) is 0 Å². The maximum absolute atomic E-state index is 12.4. The number of nitrogens with one attached hydrogen (secondary N) is 1. The van der Waals surface area contributed by atoms with Gasteiger partial charge in [0.1, 0.15) is 11.5 Å². The molecule has 0 bridgehead atoms. The Hall–Kier alpha value is -3.02. The van der Waals surface area contributed by atoms with Gasteiger partial charge in [0.15, 0.2) is 6.61 Å². The first-order chi connectivity index (χ1) is 12.6. The van der Waals surface area contributed by atoms with Crippen LogP contribution in [0.5, 0.6) is 11.5 Å². The molecule has 2 amide bonds. The molecule has 0 aromatic heterocycles. The van der Waals surface area contributed by atoms with Crippen molar-refractivity contribution in [1.82, 2.24) is 5.32 Å². The van der Waals surface area contributed by atoms with Crippen molar-refractivity contribution < 1.29 is 19.1 Å². The van der Waals surface area contributed by atoms with E-state index in [1.807, 2.05) is 24.3 Å². The minimum Gasteiger partial charge on any atom is -0.497 e. The fraction of sp³-hybridized carbons (Fsp3) is 0.300. The standard InChI is InChI=1S/C20H22N2O4/c1-25-15-10-8-14(9-11-15)19(13-6-7-13)22-18(23)12-26-17-5-3-2-4-16(17)20(21)24/h2-5,8-11,13,19H,6-7,12H2,1H3,(H2,21,24)(H,22,23)/t19-/m1/s1. The van der Waals surface area contributed by atoms with Crippen molar-refractivity contribution in [3.05, 3.63) is 59.7 Å². The highest BCUT2D eigenvalue weighted by Crippen LogP contribution is 2.41. The number of hydrogen-bond acceptors (Lipinski definition) is 4. The highest BCUT2D eigenvalue weighted by Gasteiger charge is 2.33. The normalized spacial score (nSPS) is 14.3. The molecule has 26 heavy (non-hydrogen) atoms. The van der Waals surface area contributed by atoms with Crippen molar-refractivity contribution in [1.29, 1.82) is 0 Å². The number of ether oxygens (including phenoxy) is 2. The Balaban J connectivity index is 1.63. The average Bonchev–Trinajstić information content (AvgIpc) is 3.50. The van der Waals surface area contributed by atoms with E-state index < -0.39 is 5.91 Å². The summed E-state index contributed by atoms with van der Waals surface area (Å²) in [6, 6.07) is 14.3. The van der Waals surface area contributed by atoms with Gasteiger partial charge in [0, 0.05) is 0 Å². The summed E-state index contributed by atoms with van der Waals surface area (Å²) in [5.41, 5.74) is 6.62. The molecule has 2 aromatic carbocycles. The lowest BCUT2D eigenvalue weighted by atomic mass is 10.0. The second-order valence-electron chi connectivity index (χ2n) is 6.30. The first-order valence-electron chi connectivity index (χ1n) is 8.53. The van der Waals surface area contributed by atoms with Crippen LogP contribution >= 0.6 is 0 Å². The Morgan fingerprint density at radius 2 is 1.85 bits per heavy atom. The SMILES string of the molecule is COc1ccc([C@H](NC(=O)COc2ccccc2C(N)=O)C2CC2)cc1. The van der Waals surface area contributed by atoms with Crippen LogP contribution in [0.25, 0.3) is 0 Å². The zero-order valence-corrected chi connectivity index (χ0v) is 14.6. The number of para-hydroxylation sites is 1. The van der Waals surface area contributed by atoms with Gasteiger partial charge in [-0.05, 0) is 48.6 Å². The van der Waals surface area contributed by atoms with Crippen LogP contribution in [0, 0.1) is 5.92 Å². The zero-order valence-electron chi connectivity index (χ0n) is 14.6. The summed E-state index contributed by atoms with van der Waals surface area (Å²) in [6.07, 6.45) is 2.17. The predicted octanol–water partition coefficient (Wildman–Crippen LogP) is 2.44. The van der Waals surface area contributed by atoms with Crippen molar-refractivity contribution in [2.45, 2.75) is 18.9 Å². The summed E-state index contributed by atoms with van der Waals surface area (Å²) in [7, 11) is 1.62. The highest BCUT2D eigenvalue weighted by molar-refractivity contribution is 5.95. The summed E-state index contributed by atoms with van der Waals surface area (Å²) in [6.45, 7) is -0.177.